The number of hydrogen-bond acceptors (Lipinski definition) is 3. The summed E-state index contributed by atoms with van der Waals surface area (Å²) in [5.41, 5.74) is 2.32. The SMILES string of the molecule is CCNCc1cccc(CN(CC)CC(C)CC)n1. The van der Waals surface area contributed by atoms with Crippen molar-refractivity contribution in [1.29, 1.82) is 0 Å². The number of aromatic nitrogens is 1. The lowest BCUT2D eigenvalue weighted by Crippen LogP contribution is -2.28. The Hall–Kier alpha value is -0.930. The Bertz CT molecular complexity index is 352. The van der Waals surface area contributed by atoms with Gasteiger partial charge >= 0.3 is 0 Å². The van der Waals surface area contributed by atoms with Crippen molar-refractivity contribution in [2.45, 2.75) is 47.2 Å². The van der Waals surface area contributed by atoms with Crippen LogP contribution in [-0.4, -0.2) is 29.5 Å². The van der Waals surface area contributed by atoms with E-state index in [2.05, 4.69) is 56.1 Å². The fourth-order valence-electron chi connectivity index (χ4n) is 2.07. The molecule has 0 bridgehead atoms. The van der Waals surface area contributed by atoms with E-state index in [4.69, 9.17) is 4.98 Å². The highest BCUT2D eigenvalue weighted by molar-refractivity contribution is 5.11. The highest BCUT2D eigenvalue weighted by atomic mass is 15.1. The molecule has 0 saturated heterocycles. The van der Waals surface area contributed by atoms with Crippen molar-refractivity contribution in [1.82, 2.24) is 15.2 Å². The summed E-state index contributed by atoms with van der Waals surface area (Å²) < 4.78 is 0. The summed E-state index contributed by atoms with van der Waals surface area (Å²) in [6.45, 7) is 14.0. The smallest absolute Gasteiger partial charge is 0.0547 e. The Morgan fingerprint density at radius 2 is 1.95 bits per heavy atom. The molecule has 1 heterocycles. The maximum atomic E-state index is 4.73. The van der Waals surface area contributed by atoms with Gasteiger partial charge in [0.25, 0.3) is 0 Å². The first kappa shape index (κ1) is 16.1. The second kappa shape index (κ2) is 9.05. The average Bonchev–Trinajstić information content (AvgIpc) is 2.44. The minimum atomic E-state index is 0.755. The average molecular weight is 263 g/mol. The van der Waals surface area contributed by atoms with Crippen LogP contribution in [0.2, 0.25) is 0 Å². The van der Waals surface area contributed by atoms with Crippen LogP contribution in [0, 0.1) is 5.92 Å². The van der Waals surface area contributed by atoms with E-state index in [0.29, 0.717) is 0 Å². The molecule has 1 rings (SSSR count). The van der Waals surface area contributed by atoms with Gasteiger partial charge in [0.2, 0.25) is 0 Å². The molecule has 0 aliphatic carbocycles. The summed E-state index contributed by atoms with van der Waals surface area (Å²) in [7, 11) is 0. The topological polar surface area (TPSA) is 28.2 Å². The Balaban J connectivity index is 2.58. The summed E-state index contributed by atoms with van der Waals surface area (Å²) in [5, 5.41) is 3.32. The molecule has 0 spiro atoms. The standard InChI is InChI=1S/C16H29N3/c1-5-14(4)12-19(7-3)13-16-10-8-9-15(18-16)11-17-6-2/h8-10,14,17H,5-7,11-13H2,1-4H3. The van der Waals surface area contributed by atoms with Crippen molar-refractivity contribution < 1.29 is 0 Å². The number of rotatable bonds is 9. The molecule has 1 aromatic rings. The van der Waals surface area contributed by atoms with Gasteiger partial charge in [-0.15, -0.1) is 0 Å². The lowest BCUT2D eigenvalue weighted by Gasteiger charge is -2.23. The van der Waals surface area contributed by atoms with Gasteiger partial charge in [0, 0.05) is 19.6 Å². The second-order valence-electron chi connectivity index (χ2n) is 5.24. The zero-order chi connectivity index (χ0) is 14.1. The third-order valence-electron chi connectivity index (χ3n) is 3.52. The highest BCUT2D eigenvalue weighted by Gasteiger charge is 2.09. The largest absolute Gasteiger partial charge is 0.311 e. The number of hydrogen-bond donors (Lipinski definition) is 1. The third kappa shape index (κ3) is 6.17. The predicted molar refractivity (Wildman–Crippen MR) is 82.0 cm³/mol. The molecule has 0 aliphatic heterocycles. The maximum Gasteiger partial charge on any atom is 0.0547 e. The molecule has 1 N–H and O–H groups in total. The molecule has 108 valence electrons. The van der Waals surface area contributed by atoms with Gasteiger partial charge in [-0.2, -0.15) is 0 Å². The summed E-state index contributed by atoms with van der Waals surface area (Å²) in [4.78, 5) is 7.21. The minimum absolute atomic E-state index is 0.755. The van der Waals surface area contributed by atoms with Crippen molar-refractivity contribution in [3.05, 3.63) is 29.6 Å². The fourth-order valence-corrected chi connectivity index (χ4v) is 2.07. The molecule has 1 unspecified atom stereocenters. The van der Waals surface area contributed by atoms with E-state index in [0.717, 1.165) is 44.3 Å². The molecule has 0 aliphatic rings. The summed E-state index contributed by atoms with van der Waals surface area (Å²) in [6.07, 6.45) is 1.24. The summed E-state index contributed by atoms with van der Waals surface area (Å²) in [5.74, 6) is 0.755. The Kier molecular flexibility index (Phi) is 7.68. The van der Waals surface area contributed by atoms with Crippen molar-refractivity contribution in [3.63, 3.8) is 0 Å². The molecule has 19 heavy (non-hydrogen) atoms. The van der Waals surface area contributed by atoms with Gasteiger partial charge in [0.1, 0.15) is 0 Å². The quantitative estimate of drug-likeness (QED) is 0.742. The van der Waals surface area contributed by atoms with E-state index in [1.807, 2.05) is 0 Å². The summed E-state index contributed by atoms with van der Waals surface area (Å²) in [6, 6.07) is 6.35. The Morgan fingerprint density at radius 3 is 2.58 bits per heavy atom. The van der Waals surface area contributed by atoms with E-state index in [1.165, 1.54) is 12.1 Å². The molecule has 3 heteroatoms. The zero-order valence-corrected chi connectivity index (χ0v) is 12.9. The van der Waals surface area contributed by atoms with Crippen molar-refractivity contribution in [2.24, 2.45) is 5.92 Å². The van der Waals surface area contributed by atoms with Gasteiger partial charge in [-0.1, -0.05) is 40.2 Å². The van der Waals surface area contributed by atoms with Crippen LogP contribution < -0.4 is 5.32 Å². The molecular weight excluding hydrogens is 234 g/mol. The third-order valence-corrected chi connectivity index (χ3v) is 3.52. The minimum Gasteiger partial charge on any atom is -0.311 e. The van der Waals surface area contributed by atoms with Crippen molar-refractivity contribution in [2.75, 3.05) is 19.6 Å². The molecule has 0 saturated carbocycles. The number of pyridine rings is 1. The number of nitrogens with one attached hydrogen (secondary N) is 1. The van der Waals surface area contributed by atoms with E-state index < -0.39 is 0 Å². The molecule has 0 radical (unpaired) electrons. The van der Waals surface area contributed by atoms with Crippen LogP contribution in [0.15, 0.2) is 18.2 Å². The normalized spacial score (nSPS) is 12.9. The molecule has 1 aromatic heterocycles. The molecular formula is C16H29N3. The van der Waals surface area contributed by atoms with E-state index in [1.54, 1.807) is 0 Å². The first-order valence-electron chi connectivity index (χ1n) is 7.57. The summed E-state index contributed by atoms with van der Waals surface area (Å²) >= 11 is 0. The number of nitrogens with zero attached hydrogens (tertiary/aromatic N) is 2. The predicted octanol–water partition coefficient (Wildman–Crippen LogP) is 3.06. The molecule has 3 nitrogen and oxygen atoms in total. The monoisotopic (exact) mass is 263 g/mol. The van der Waals surface area contributed by atoms with Crippen LogP contribution in [0.3, 0.4) is 0 Å². The first-order valence-corrected chi connectivity index (χ1v) is 7.57. The van der Waals surface area contributed by atoms with Gasteiger partial charge in [-0.25, -0.2) is 0 Å². The highest BCUT2D eigenvalue weighted by Crippen LogP contribution is 2.08. The van der Waals surface area contributed by atoms with E-state index in [-0.39, 0.29) is 0 Å². The lowest BCUT2D eigenvalue weighted by molar-refractivity contribution is 0.235. The van der Waals surface area contributed by atoms with Gasteiger partial charge < -0.3 is 5.32 Å². The zero-order valence-electron chi connectivity index (χ0n) is 12.9. The van der Waals surface area contributed by atoms with Crippen LogP contribution >= 0.6 is 0 Å². The second-order valence-corrected chi connectivity index (χ2v) is 5.24. The van der Waals surface area contributed by atoms with Gasteiger partial charge in [0.05, 0.1) is 11.4 Å². The van der Waals surface area contributed by atoms with Crippen molar-refractivity contribution in [3.8, 4) is 0 Å². The van der Waals surface area contributed by atoms with E-state index in [9.17, 15) is 0 Å². The van der Waals surface area contributed by atoms with Crippen LogP contribution in [-0.2, 0) is 13.1 Å². The van der Waals surface area contributed by atoms with Crippen LogP contribution in [0.4, 0.5) is 0 Å². The Morgan fingerprint density at radius 1 is 1.21 bits per heavy atom. The molecule has 0 amide bonds. The van der Waals surface area contributed by atoms with Gasteiger partial charge in [0.15, 0.2) is 0 Å². The van der Waals surface area contributed by atoms with Gasteiger partial charge in [-0.05, 0) is 31.1 Å². The fraction of sp³-hybridized carbons (Fsp3) is 0.688. The first-order chi connectivity index (χ1) is 9.19. The molecule has 0 aromatic carbocycles. The molecule has 1 atom stereocenters. The van der Waals surface area contributed by atoms with Gasteiger partial charge in [-0.3, -0.25) is 9.88 Å². The Labute approximate surface area is 118 Å². The lowest BCUT2D eigenvalue weighted by atomic mass is 10.1. The van der Waals surface area contributed by atoms with Crippen LogP contribution in [0.25, 0.3) is 0 Å². The maximum absolute atomic E-state index is 4.73. The molecule has 0 fully saturated rings. The van der Waals surface area contributed by atoms with Crippen LogP contribution in [0.1, 0.15) is 45.5 Å². The van der Waals surface area contributed by atoms with Crippen LogP contribution in [0.5, 0.6) is 0 Å². The van der Waals surface area contributed by atoms with Crippen molar-refractivity contribution >= 4 is 0 Å². The van der Waals surface area contributed by atoms with E-state index >= 15 is 0 Å².